The Hall–Kier alpha value is -3.45. The molecule has 0 aromatic heterocycles. The number of benzene rings is 3. The summed E-state index contributed by atoms with van der Waals surface area (Å²) < 4.78 is 12.6. The van der Waals surface area contributed by atoms with E-state index in [4.69, 9.17) is 9.47 Å². The lowest BCUT2D eigenvalue weighted by Crippen LogP contribution is -2.78. The van der Waals surface area contributed by atoms with Gasteiger partial charge in [0.1, 0.15) is 6.10 Å². The molecule has 43 heavy (non-hydrogen) atoms. The molecule has 1 saturated carbocycles. The maximum atomic E-state index is 12.9. The van der Waals surface area contributed by atoms with Crippen LogP contribution < -0.4 is 9.47 Å². The summed E-state index contributed by atoms with van der Waals surface area (Å²) in [4.78, 5) is 17.0. The van der Waals surface area contributed by atoms with E-state index in [1.807, 2.05) is 6.07 Å². The van der Waals surface area contributed by atoms with E-state index in [2.05, 4.69) is 96.6 Å². The third-order valence-corrected chi connectivity index (χ3v) is 10.6. The van der Waals surface area contributed by atoms with Crippen molar-refractivity contribution in [2.24, 2.45) is 0 Å². The molecule has 7 rings (SSSR count). The van der Waals surface area contributed by atoms with Gasteiger partial charge in [-0.1, -0.05) is 78.4 Å². The smallest absolute Gasteiger partial charge is 0.308 e. The molecule has 5 atom stereocenters. The van der Waals surface area contributed by atoms with Gasteiger partial charge in [0.15, 0.2) is 11.5 Å². The Bertz CT molecular complexity index is 1550. The summed E-state index contributed by atoms with van der Waals surface area (Å²) in [6, 6.07) is 23.3. The van der Waals surface area contributed by atoms with E-state index in [0.717, 1.165) is 50.9 Å². The summed E-state index contributed by atoms with van der Waals surface area (Å²) in [6.07, 6.45) is 8.28. The van der Waals surface area contributed by atoms with Crippen LogP contribution in [0.4, 0.5) is 0 Å². The van der Waals surface area contributed by atoms with Gasteiger partial charge in [-0.2, -0.15) is 0 Å². The van der Waals surface area contributed by atoms with E-state index in [9.17, 15) is 9.90 Å². The van der Waals surface area contributed by atoms with E-state index < -0.39 is 11.0 Å². The van der Waals surface area contributed by atoms with Crippen LogP contribution >= 0.6 is 0 Å². The van der Waals surface area contributed by atoms with Crippen LogP contribution in [0.1, 0.15) is 54.0 Å². The molecule has 1 spiro atoms. The standard InChI is InChI=1S/C37H42N2O4/c1-25-9-7-12-28(23-25)13-8-20-38(3)30-16-18-37(41)32-24-29-14-15-31(42-26(2)40)34-33(29)36(37,35(30)43-34)19-22-39(32)21-17-27-10-5-4-6-11-27/h4-15,23,30,32,35,41H,16-22,24H2,1-3H3/b13-8+/t30?,32-,35?,36+,37-/m1/s1. The summed E-state index contributed by atoms with van der Waals surface area (Å²) >= 11 is 0. The summed E-state index contributed by atoms with van der Waals surface area (Å²) in [7, 11) is 2.17. The number of carbonyl (C=O) groups excluding carboxylic acids is 1. The molecule has 2 bridgehead atoms. The molecule has 3 aromatic carbocycles. The van der Waals surface area contributed by atoms with E-state index in [1.54, 1.807) is 0 Å². The molecule has 2 heterocycles. The van der Waals surface area contributed by atoms with Crippen LogP contribution in [0, 0.1) is 6.92 Å². The average molecular weight is 579 g/mol. The first-order valence-electron chi connectivity index (χ1n) is 15.8. The lowest BCUT2D eigenvalue weighted by atomic mass is 9.48. The zero-order valence-electron chi connectivity index (χ0n) is 25.5. The highest BCUT2D eigenvalue weighted by atomic mass is 16.6. The highest BCUT2D eigenvalue weighted by Crippen LogP contribution is 2.66. The predicted octanol–water partition coefficient (Wildman–Crippen LogP) is 5.33. The van der Waals surface area contributed by atoms with Crippen molar-refractivity contribution in [2.75, 3.05) is 26.7 Å². The molecule has 6 heteroatoms. The Kier molecular flexibility index (Phi) is 7.19. The zero-order valence-corrected chi connectivity index (χ0v) is 25.5. The SMILES string of the molecule is CC(=O)Oc1ccc2c3c1OC1C(N(C)C/C=C/c4cccc(C)c4)CC[C@@]4(O)[C@@H](C2)N(CCc2ccccc2)CC[C@]314. The van der Waals surface area contributed by atoms with Crippen LogP contribution in [-0.4, -0.2) is 71.3 Å². The third-order valence-electron chi connectivity index (χ3n) is 10.6. The summed E-state index contributed by atoms with van der Waals surface area (Å²) in [6.45, 7) is 6.14. The van der Waals surface area contributed by atoms with Gasteiger partial charge in [-0.05, 0) is 75.4 Å². The number of esters is 1. The van der Waals surface area contributed by atoms with Crippen molar-refractivity contribution in [3.05, 3.63) is 101 Å². The first kappa shape index (κ1) is 28.3. The Morgan fingerprint density at radius 1 is 1.14 bits per heavy atom. The largest absolute Gasteiger partial charge is 0.483 e. The average Bonchev–Trinajstić information content (AvgIpc) is 3.34. The molecule has 224 valence electrons. The molecule has 1 N–H and O–H groups in total. The number of likely N-dealkylation sites (N-methyl/N-ethyl adjacent to an activating group) is 1. The van der Waals surface area contributed by atoms with Crippen molar-refractivity contribution < 1.29 is 19.4 Å². The van der Waals surface area contributed by atoms with Crippen LogP contribution in [0.5, 0.6) is 11.5 Å². The van der Waals surface area contributed by atoms with Gasteiger partial charge in [0.25, 0.3) is 0 Å². The molecular formula is C37H42N2O4. The predicted molar refractivity (Wildman–Crippen MR) is 168 cm³/mol. The number of aliphatic hydroxyl groups is 1. The zero-order chi connectivity index (χ0) is 29.8. The molecule has 2 unspecified atom stereocenters. The second-order valence-corrected chi connectivity index (χ2v) is 13.1. The van der Waals surface area contributed by atoms with Gasteiger partial charge >= 0.3 is 5.97 Å². The molecule has 4 aliphatic rings. The summed E-state index contributed by atoms with van der Waals surface area (Å²) in [5.41, 5.74) is 4.61. The number of rotatable bonds is 8. The number of hydrogen-bond donors (Lipinski definition) is 1. The second kappa shape index (κ2) is 10.9. The van der Waals surface area contributed by atoms with Crippen molar-refractivity contribution in [3.8, 4) is 11.5 Å². The summed E-state index contributed by atoms with van der Waals surface area (Å²) in [5, 5.41) is 12.9. The van der Waals surface area contributed by atoms with Crippen LogP contribution in [0.3, 0.4) is 0 Å². The Labute approximate surface area is 254 Å². The number of carbonyl (C=O) groups is 1. The fourth-order valence-electron chi connectivity index (χ4n) is 8.73. The van der Waals surface area contributed by atoms with Gasteiger partial charge in [-0.3, -0.25) is 14.6 Å². The number of hydrogen-bond acceptors (Lipinski definition) is 6. The Morgan fingerprint density at radius 2 is 1.98 bits per heavy atom. The van der Waals surface area contributed by atoms with Crippen LogP contribution in [0.2, 0.25) is 0 Å². The maximum absolute atomic E-state index is 12.9. The normalized spacial score (nSPS) is 29.0. The third kappa shape index (κ3) is 4.62. The number of nitrogens with zero attached hydrogens (tertiary/aromatic N) is 2. The van der Waals surface area contributed by atoms with Gasteiger partial charge in [-0.25, -0.2) is 0 Å². The Balaban J connectivity index is 1.22. The lowest BCUT2D eigenvalue weighted by Gasteiger charge is -2.64. The second-order valence-electron chi connectivity index (χ2n) is 13.1. The van der Waals surface area contributed by atoms with E-state index in [1.165, 1.54) is 29.2 Å². The molecule has 6 nitrogen and oxygen atoms in total. The minimum Gasteiger partial charge on any atom is -0.483 e. The van der Waals surface area contributed by atoms with E-state index in [0.29, 0.717) is 17.9 Å². The van der Waals surface area contributed by atoms with Gasteiger partial charge in [-0.15, -0.1) is 0 Å². The molecule has 2 fully saturated rings. The molecule has 2 aliphatic heterocycles. The van der Waals surface area contributed by atoms with Gasteiger partial charge in [0, 0.05) is 37.7 Å². The molecule has 0 amide bonds. The molecule has 0 radical (unpaired) electrons. The summed E-state index contributed by atoms with van der Waals surface area (Å²) in [5.74, 6) is 0.785. The van der Waals surface area contributed by atoms with Crippen molar-refractivity contribution in [2.45, 2.75) is 75.2 Å². The van der Waals surface area contributed by atoms with Gasteiger partial charge < -0.3 is 14.6 Å². The number of ether oxygens (including phenoxy) is 2. The quantitative estimate of drug-likeness (QED) is 0.288. The fraction of sp³-hybridized carbons (Fsp3) is 0.432. The minimum atomic E-state index is -0.922. The van der Waals surface area contributed by atoms with Crippen molar-refractivity contribution in [1.82, 2.24) is 9.80 Å². The van der Waals surface area contributed by atoms with Crippen LogP contribution in [0.25, 0.3) is 6.08 Å². The number of aryl methyl sites for hydroxylation is 1. The first-order chi connectivity index (χ1) is 20.8. The van der Waals surface area contributed by atoms with Gasteiger partial charge in [0.05, 0.1) is 11.0 Å². The van der Waals surface area contributed by atoms with Crippen molar-refractivity contribution >= 4 is 12.0 Å². The number of piperidine rings is 1. The van der Waals surface area contributed by atoms with Crippen molar-refractivity contribution in [1.29, 1.82) is 0 Å². The maximum Gasteiger partial charge on any atom is 0.308 e. The van der Waals surface area contributed by atoms with Crippen molar-refractivity contribution in [3.63, 3.8) is 0 Å². The van der Waals surface area contributed by atoms with E-state index in [-0.39, 0.29) is 24.2 Å². The minimum absolute atomic E-state index is 0.0153. The highest BCUT2D eigenvalue weighted by Gasteiger charge is 2.73. The monoisotopic (exact) mass is 578 g/mol. The number of likely N-dealkylation sites (tertiary alicyclic amines) is 1. The topological polar surface area (TPSA) is 62.2 Å². The molecule has 2 aliphatic carbocycles. The lowest BCUT2D eigenvalue weighted by molar-refractivity contribution is -0.198. The first-order valence-corrected chi connectivity index (χ1v) is 15.8. The molecule has 1 saturated heterocycles. The van der Waals surface area contributed by atoms with Crippen LogP contribution in [0.15, 0.2) is 72.8 Å². The van der Waals surface area contributed by atoms with E-state index >= 15 is 0 Å². The highest BCUT2D eigenvalue weighted by molar-refractivity contribution is 5.72. The fourth-order valence-corrected chi connectivity index (χ4v) is 8.73. The Morgan fingerprint density at radius 3 is 2.77 bits per heavy atom. The molecule has 3 aromatic rings. The molecular weight excluding hydrogens is 536 g/mol. The van der Waals surface area contributed by atoms with Gasteiger partial charge in [0.2, 0.25) is 0 Å². The van der Waals surface area contributed by atoms with Crippen LogP contribution in [-0.2, 0) is 23.1 Å².